The number of aliphatic hydroxyl groups is 1. The number of benzene rings is 3. The molecule has 0 aliphatic carbocycles. The molecular weight excluding hydrogens is 644 g/mol. The van der Waals surface area contributed by atoms with Gasteiger partial charge in [0, 0.05) is 37.7 Å². The molecule has 0 radical (unpaired) electrons. The van der Waals surface area contributed by atoms with Crippen LogP contribution in [0.2, 0.25) is 0 Å². The molecule has 0 fully saturated rings. The number of rotatable bonds is 15. The van der Waals surface area contributed by atoms with E-state index in [2.05, 4.69) is 16.0 Å². The van der Waals surface area contributed by atoms with Crippen molar-refractivity contribution < 1.29 is 33.1 Å². The molecule has 10 nitrogen and oxygen atoms in total. The molecule has 264 valence electrons. The first-order valence-corrected chi connectivity index (χ1v) is 16.2. The molecule has 3 rings (SSSR count). The molecule has 0 heterocycles. The summed E-state index contributed by atoms with van der Waals surface area (Å²) in [4.78, 5) is 54.2. The first kappa shape index (κ1) is 39.0. The fourth-order valence-corrected chi connectivity index (χ4v) is 5.09. The van der Waals surface area contributed by atoms with Gasteiger partial charge in [0.1, 0.15) is 35.4 Å². The lowest BCUT2D eigenvalue weighted by Gasteiger charge is -2.25. The number of carbonyl (C=O) groups excluding carboxylic acids is 4. The van der Waals surface area contributed by atoms with Crippen molar-refractivity contribution in [2.45, 2.75) is 71.7 Å². The number of nitrogens with one attached hydrogen (secondary N) is 3. The lowest BCUT2D eigenvalue weighted by atomic mass is 10.0. The van der Waals surface area contributed by atoms with E-state index in [9.17, 15) is 38.3 Å². The Morgan fingerprint density at radius 2 is 1.64 bits per heavy atom. The Labute approximate surface area is 291 Å². The number of hydrogen-bond donors (Lipinski definition) is 4. The summed E-state index contributed by atoms with van der Waals surface area (Å²) >= 11 is 0. The van der Waals surface area contributed by atoms with E-state index >= 15 is 0 Å². The molecule has 0 bridgehead atoms. The zero-order chi connectivity index (χ0) is 37.0. The SMILES string of the molecule is Cc1ccc(CNC(=O)C(Cc2cccc(N(C)C(=O)C(C#N)=CC(C)C)c2)NC(=O)[C@@H](NC(=O)CCc2cccc(F)c2)[C@@H](C)O)c(F)c1. The third kappa shape index (κ3) is 11.6. The Balaban J connectivity index is 1.83. The maximum atomic E-state index is 14.5. The monoisotopic (exact) mass is 687 g/mol. The van der Waals surface area contributed by atoms with Crippen molar-refractivity contribution in [3.63, 3.8) is 0 Å². The Morgan fingerprint density at radius 1 is 0.940 bits per heavy atom. The summed E-state index contributed by atoms with van der Waals surface area (Å²) in [5.74, 6) is -3.60. The molecule has 0 saturated carbocycles. The summed E-state index contributed by atoms with van der Waals surface area (Å²) < 4.78 is 28.1. The van der Waals surface area contributed by atoms with Crippen molar-refractivity contribution >= 4 is 29.3 Å². The van der Waals surface area contributed by atoms with Crippen LogP contribution in [0.25, 0.3) is 0 Å². The molecule has 0 saturated heterocycles. The van der Waals surface area contributed by atoms with E-state index in [0.717, 1.165) is 0 Å². The Bertz CT molecular complexity index is 1770. The number of carbonyl (C=O) groups is 4. The maximum absolute atomic E-state index is 14.5. The normalized spacial score (nSPS) is 13.1. The van der Waals surface area contributed by atoms with Crippen LogP contribution in [0.3, 0.4) is 0 Å². The van der Waals surface area contributed by atoms with Gasteiger partial charge in [-0.3, -0.25) is 19.2 Å². The van der Waals surface area contributed by atoms with E-state index in [1.807, 2.05) is 19.9 Å². The maximum Gasteiger partial charge on any atom is 0.268 e. The third-order valence-corrected chi connectivity index (χ3v) is 7.80. The average molecular weight is 688 g/mol. The summed E-state index contributed by atoms with van der Waals surface area (Å²) in [6.45, 7) is 6.56. The van der Waals surface area contributed by atoms with Gasteiger partial charge in [-0.1, -0.05) is 56.3 Å². The number of allylic oxidation sites excluding steroid dienone is 1. The number of anilines is 1. The van der Waals surface area contributed by atoms with Crippen LogP contribution in [0.15, 0.2) is 78.4 Å². The van der Waals surface area contributed by atoms with E-state index in [1.54, 1.807) is 55.5 Å². The van der Waals surface area contributed by atoms with Gasteiger partial charge < -0.3 is 26.0 Å². The zero-order valence-electron chi connectivity index (χ0n) is 28.8. The van der Waals surface area contributed by atoms with Crippen molar-refractivity contribution in [1.29, 1.82) is 5.26 Å². The van der Waals surface area contributed by atoms with Gasteiger partial charge in [-0.25, -0.2) is 8.78 Å². The molecule has 12 heteroatoms. The second-order valence-electron chi connectivity index (χ2n) is 12.5. The van der Waals surface area contributed by atoms with E-state index < -0.39 is 53.5 Å². The van der Waals surface area contributed by atoms with Crippen LogP contribution in [0.1, 0.15) is 49.4 Å². The molecule has 4 amide bonds. The van der Waals surface area contributed by atoms with E-state index in [4.69, 9.17) is 0 Å². The molecular formula is C38H43F2N5O5. The highest BCUT2D eigenvalue weighted by atomic mass is 19.1. The molecule has 0 aliphatic rings. The number of nitrogens with zero attached hydrogens (tertiary/aromatic N) is 2. The quantitative estimate of drug-likeness (QED) is 0.139. The zero-order valence-corrected chi connectivity index (χ0v) is 28.8. The minimum Gasteiger partial charge on any atom is -0.391 e. The van der Waals surface area contributed by atoms with Crippen LogP contribution in [0.4, 0.5) is 14.5 Å². The molecule has 1 unspecified atom stereocenters. The predicted octanol–water partition coefficient (Wildman–Crippen LogP) is 4.18. The van der Waals surface area contributed by atoms with E-state index in [-0.39, 0.29) is 42.9 Å². The topological polar surface area (TPSA) is 152 Å². The number of amides is 4. The lowest BCUT2D eigenvalue weighted by molar-refractivity contribution is -0.134. The highest BCUT2D eigenvalue weighted by Gasteiger charge is 2.30. The smallest absolute Gasteiger partial charge is 0.268 e. The van der Waals surface area contributed by atoms with Crippen molar-refractivity contribution in [2.24, 2.45) is 5.92 Å². The second kappa shape index (κ2) is 18.4. The van der Waals surface area contributed by atoms with Gasteiger partial charge in [-0.15, -0.1) is 0 Å². The minimum absolute atomic E-state index is 0.0251. The molecule has 0 aromatic heterocycles. The van der Waals surface area contributed by atoms with E-state index in [1.165, 1.54) is 43.1 Å². The predicted molar refractivity (Wildman–Crippen MR) is 185 cm³/mol. The summed E-state index contributed by atoms with van der Waals surface area (Å²) in [7, 11) is 1.51. The van der Waals surface area contributed by atoms with Gasteiger partial charge in [0.15, 0.2) is 0 Å². The molecule has 3 aromatic rings. The number of likely N-dealkylation sites (N-methyl/N-ethyl adjacent to an activating group) is 1. The number of hydrogen-bond acceptors (Lipinski definition) is 6. The molecule has 4 N–H and O–H groups in total. The largest absolute Gasteiger partial charge is 0.391 e. The molecule has 3 atom stereocenters. The van der Waals surface area contributed by atoms with Crippen molar-refractivity contribution in [3.8, 4) is 6.07 Å². The molecule has 3 aromatic carbocycles. The van der Waals surface area contributed by atoms with Crippen molar-refractivity contribution in [2.75, 3.05) is 11.9 Å². The van der Waals surface area contributed by atoms with Crippen LogP contribution in [-0.2, 0) is 38.6 Å². The highest BCUT2D eigenvalue weighted by molar-refractivity contribution is 6.08. The summed E-state index contributed by atoms with van der Waals surface area (Å²) in [5, 5.41) is 27.7. The van der Waals surface area contributed by atoms with Crippen LogP contribution in [-0.4, -0.2) is 54.0 Å². The standard InChI is InChI=1S/C38H43F2N5O5/c1-23(2)16-29(21-41)38(50)45(5)31-11-7-9-27(19-31)20-33(36(48)42-22-28-14-12-24(3)17-32(28)40)43-37(49)35(25(4)46)44-34(47)15-13-26-8-6-10-30(39)18-26/h6-12,14,16-19,23,25,33,35,46H,13,15,20,22H2,1-5H3,(H,42,48)(H,43,49)(H,44,47)/t25-,33?,35+/m1/s1. The molecule has 50 heavy (non-hydrogen) atoms. The van der Waals surface area contributed by atoms with Crippen LogP contribution in [0.5, 0.6) is 0 Å². The Kier molecular flexibility index (Phi) is 14.3. The van der Waals surface area contributed by atoms with Crippen molar-refractivity contribution in [3.05, 3.63) is 112 Å². The van der Waals surface area contributed by atoms with Gasteiger partial charge in [-0.05, 0) is 73.2 Å². The van der Waals surface area contributed by atoms with Gasteiger partial charge >= 0.3 is 0 Å². The van der Waals surface area contributed by atoms with Gasteiger partial charge in [0.2, 0.25) is 17.7 Å². The van der Waals surface area contributed by atoms with Gasteiger partial charge in [0.25, 0.3) is 5.91 Å². The third-order valence-electron chi connectivity index (χ3n) is 7.80. The fourth-order valence-electron chi connectivity index (χ4n) is 5.09. The molecule has 0 spiro atoms. The summed E-state index contributed by atoms with van der Waals surface area (Å²) in [6, 6.07) is 16.2. The number of nitriles is 1. The summed E-state index contributed by atoms with van der Waals surface area (Å²) in [5.41, 5.74) is 2.44. The first-order valence-electron chi connectivity index (χ1n) is 16.2. The lowest BCUT2D eigenvalue weighted by Crippen LogP contribution is -2.57. The van der Waals surface area contributed by atoms with Crippen LogP contribution < -0.4 is 20.9 Å². The van der Waals surface area contributed by atoms with Crippen LogP contribution >= 0.6 is 0 Å². The number of halogens is 2. The second-order valence-corrected chi connectivity index (χ2v) is 12.5. The number of aryl methyl sites for hydroxylation is 2. The Hall–Kier alpha value is -5.41. The minimum atomic E-state index is -1.44. The number of aliphatic hydroxyl groups excluding tert-OH is 1. The highest BCUT2D eigenvalue weighted by Crippen LogP contribution is 2.19. The Morgan fingerprint density at radius 3 is 2.28 bits per heavy atom. The molecule has 0 aliphatic heterocycles. The van der Waals surface area contributed by atoms with Gasteiger partial charge in [-0.2, -0.15) is 5.26 Å². The summed E-state index contributed by atoms with van der Waals surface area (Å²) in [6.07, 6.45) is 0.222. The fraction of sp³-hybridized carbons (Fsp3) is 0.342. The van der Waals surface area contributed by atoms with E-state index in [0.29, 0.717) is 22.4 Å². The van der Waals surface area contributed by atoms with Crippen molar-refractivity contribution in [1.82, 2.24) is 16.0 Å². The average Bonchev–Trinajstić information content (AvgIpc) is 3.07. The first-order chi connectivity index (χ1) is 23.7. The van der Waals surface area contributed by atoms with Gasteiger partial charge in [0.05, 0.1) is 6.10 Å². The van der Waals surface area contributed by atoms with Crippen LogP contribution in [0, 0.1) is 35.8 Å².